The summed E-state index contributed by atoms with van der Waals surface area (Å²) in [6, 6.07) is 14.3. The number of benzene rings is 2. The molecule has 0 aliphatic carbocycles. The van der Waals surface area contributed by atoms with Gasteiger partial charge in [0.15, 0.2) is 0 Å². The van der Waals surface area contributed by atoms with Crippen LogP contribution in [0.15, 0.2) is 47.3 Å². The van der Waals surface area contributed by atoms with Gasteiger partial charge in [-0.05, 0) is 16.8 Å². The highest BCUT2D eigenvalue weighted by molar-refractivity contribution is 7.98. The molecule has 0 saturated carbocycles. The Morgan fingerprint density at radius 3 is 2.80 bits per heavy atom. The van der Waals surface area contributed by atoms with E-state index < -0.39 is 0 Å². The van der Waals surface area contributed by atoms with E-state index in [1.807, 2.05) is 18.2 Å². The van der Waals surface area contributed by atoms with Gasteiger partial charge in [-0.3, -0.25) is 4.79 Å². The lowest BCUT2D eigenvalue weighted by molar-refractivity contribution is 1.03. The molecule has 3 aromatic rings. The highest BCUT2D eigenvalue weighted by Gasteiger charge is 2.18. The number of H-pyrrole nitrogens is 1. The maximum absolute atomic E-state index is 12.1. The maximum atomic E-state index is 12.1. The predicted molar refractivity (Wildman–Crippen MR) is 82.8 cm³/mol. The average Bonchev–Trinajstić information content (AvgIpc) is 2.96. The normalized spacial score (nSPS) is 13.6. The fourth-order valence-corrected chi connectivity index (χ4v) is 3.57. The second-order valence-corrected chi connectivity index (χ2v) is 5.88. The summed E-state index contributed by atoms with van der Waals surface area (Å²) in [5, 5.41) is 2.35. The van der Waals surface area contributed by atoms with Gasteiger partial charge in [0.1, 0.15) is 5.82 Å². The van der Waals surface area contributed by atoms with E-state index in [2.05, 4.69) is 34.2 Å². The summed E-state index contributed by atoms with van der Waals surface area (Å²) in [5.74, 6) is 2.28. The van der Waals surface area contributed by atoms with Crippen LogP contribution in [-0.2, 0) is 11.5 Å². The van der Waals surface area contributed by atoms with E-state index in [4.69, 9.17) is 0 Å². The summed E-state index contributed by atoms with van der Waals surface area (Å²) in [7, 11) is 0. The van der Waals surface area contributed by atoms with Crippen molar-refractivity contribution in [1.82, 2.24) is 9.97 Å². The third-order valence-corrected chi connectivity index (χ3v) is 4.58. The molecular weight excluding hydrogens is 268 g/mol. The zero-order chi connectivity index (χ0) is 13.5. The largest absolute Gasteiger partial charge is 0.306 e. The number of thioether (sulfide) groups is 1. The Morgan fingerprint density at radius 1 is 1.05 bits per heavy atom. The van der Waals surface area contributed by atoms with E-state index in [0.717, 1.165) is 33.7 Å². The SMILES string of the molecule is O=c1[nH]c(-c2ccc3ccccc3c2)nc2c1CSC2. The summed E-state index contributed by atoms with van der Waals surface area (Å²) in [5.41, 5.74) is 2.73. The molecule has 4 rings (SSSR count). The lowest BCUT2D eigenvalue weighted by atomic mass is 10.1. The van der Waals surface area contributed by atoms with Crippen LogP contribution in [0.4, 0.5) is 0 Å². The Hall–Kier alpha value is -2.07. The Kier molecular flexibility index (Phi) is 2.63. The van der Waals surface area contributed by atoms with Crippen LogP contribution in [0.1, 0.15) is 11.3 Å². The Morgan fingerprint density at radius 2 is 1.90 bits per heavy atom. The molecule has 2 heterocycles. The van der Waals surface area contributed by atoms with Gasteiger partial charge < -0.3 is 4.98 Å². The lowest BCUT2D eigenvalue weighted by Crippen LogP contribution is -2.15. The smallest absolute Gasteiger partial charge is 0.255 e. The molecule has 4 heteroatoms. The Bertz CT molecular complexity index is 870. The number of fused-ring (bicyclic) bond motifs is 2. The molecule has 0 saturated heterocycles. The topological polar surface area (TPSA) is 45.8 Å². The minimum absolute atomic E-state index is 0.00292. The summed E-state index contributed by atoms with van der Waals surface area (Å²) >= 11 is 1.74. The van der Waals surface area contributed by atoms with Crippen molar-refractivity contribution in [2.24, 2.45) is 0 Å². The molecule has 0 amide bonds. The van der Waals surface area contributed by atoms with Crippen LogP contribution < -0.4 is 5.56 Å². The molecule has 0 unspecified atom stereocenters. The standard InChI is InChI=1S/C16H12N2OS/c19-16-13-8-20-9-14(13)17-15(18-16)12-6-5-10-3-1-2-4-11(10)7-12/h1-7H,8-9H2,(H,17,18,19). The van der Waals surface area contributed by atoms with Crippen molar-refractivity contribution in [3.05, 3.63) is 64.1 Å². The van der Waals surface area contributed by atoms with E-state index in [1.54, 1.807) is 11.8 Å². The van der Waals surface area contributed by atoms with Crippen LogP contribution >= 0.6 is 11.8 Å². The molecule has 1 N–H and O–H groups in total. The first kappa shape index (κ1) is 11.7. The van der Waals surface area contributed by atoms with Crippen LogP contribution in [0.25, 0.3) is 22.2 Å². The van der Waals surface area contributed by atoms with E-state index >= 15 is 0 Å². The molecule has 3 nitrogen and oxygen atoms in total. The third kappa shape index (κ3) is 1.84. The molecule has 0 bridgehead atoms. The van der Waals surface area contributed by atoms with Crippen LogP contribution in [0.5, 0.6) is 0 Å². The number of hydrogen-bond acceptors (Lipinski definition) is 3. The number of rotatable bonds is 1. The molecule has 20 heavy (non-hydrogen) atoms. The van der Waals surface area contributed by atoms with Crippen molar-refractivity contribution in [2.45, 2.75) is 11.5 Å². The minimum Gasteiger partial charge on any atom is -0.306 e. The fraction of sp³-hybridized carbons (Fsp3) is 0.125. The second-order valence-electron chi connectivity index (χ2n) is 4.89. The number of nitrogens with one attached hydrogen (secondary N) is 1. The van der Waals surface area contributed by atoms with Gasteiger partial charge >= 0.3 is 0 Å². The van der Waals surface area contributed by atoms with Crippen molar-refractivity contribution in [2.75, 3.05) is 0 Å². The van der Waals surface area contributed by atoms with Gasteiger partial charge in [-0.25, -0.2) is 4.98 Å². The first-order valence-corrected chi connectivity index (χ1v) is 7.66. The van der Waals surface area contributed by atoms with Gasteiger partial charge in [0.25, 0.3) is 5.56 Å². The molecular formula is C16H12N2OS. The third-order valence-electron chi connectivity index (χ3n) is 3.61. The van der Waals surface area contributed by atoms with Crippen molar-refractivity contribution in [3.63, 3.8) is 0 Å². The molecule has 1 aliphatic rings. The zero-order valence-corrected chi connectivity index (χ0v) is 11.5. The Labute approximate surface area is 120 Å². The highest BCUT2D eigenvalue weighted by Crippen LogP contribution is 2.27. The first-order valence-electron chi connectivity index (χ1n) is 6.50. The zero-order valence-electron chi connectivity index (χ0n) is 10.7. The van der Waals surface area contributed by atoms with E-state index in [-0.39, 0.29) is 5.56 Å². The minimum atomic E-state index is 0.00292. The highest BCUT2D eigenvalue weighted by atomic mass is 32.2. The van der Waals surface area contributed by atoms with Crippen LogP contribution in [0.3, 0.4) is 0 Å². The monoisotopic (exact) mass is 280 g/mol. The number of aromatic amines is 1. The summed E-state index contributed by atoms with van der Waals surface area (Å²) in [6.07, 6.45) is 0. The van der Waals surface area contributed by atoms with Crippen LogP contribution in [-0.4, -0.2) is 9.97 Å². The van der Waals surface area contributed by atoms with Crippen molar-refractivity contribution in [3.8, 4) is 11.4 Å². The van der Waals surface area contributed by atoms with Crippen LogP contribution in [0.2, 0.25) is 0 Å². The van der Waals surface area contributed by atoms with E-state index in [1.165, 1.54) is 5.39 Å². The Balaban J connectivity index is 1.91. The van der Waals surface area contributed by atoms with Gasteiger partial charge in [-0.2, -0.15) is 11.8 Å². The molecule has 0 fully saturated rings. The lowest BCUT2D eigenvalue weighted by Gasteiger charge is -2.05. The summed E-state index contributed by atoms with van der Waals surface area (Å²) in [4.78, 5) is 19.6. The number of hydrogen-bond donors (Lipinski definition) is 1. The number of aromatic nitrogens is 2. The van der Waals surface area contributed by atoms with Crippen molar-refractivity contribution >= 4 is 22.5 Å². The number of nitrogens with zero attached hydrogens (tertiary/aromatic N) is 1. The van der Waals surface area contributed by atoms with Gasteiger partial charge in [-0.15, -0.1) is 0 Å². The predicted octanol–water partition coefficient (Wildman–Crippen LogP) is 3.34. The average molecular weight is 280 g/mol. The molecule has 0 spiro atoms. The summed E-state index contributed by atoms with van der Waals surface area (Å²) < 4.78 is 0. The fourth-order valence-electron chi connectivity index (χ4n) is 2.54. The quantitative estimate of drug-likeness (QED) is 0.743. The molecule has 2 aromatic carbocycles. The van der Waals surface area contributed by atoms with Gasteiger partial charge in [0.05, 0.1) is 5.69 Å². The van der Waals surface area contributed by atoms with Crippen LogP contribution in [0, 0.1) is 0 Å². The second kappa shape index (κ2) is 4.49. The molecule has 0 radical (unpaired) electrons. The molecule has 0 atom stereocenters. The van der Waals surface area contributed by atoms with Crippen molar-refractivity contribution < 1.29 is 0 Å². The van der Waals surface area contributed by atoms with Gasteiger partial charge in [-0.1, -0.05) is 36.4 Å². The van der Waals surface area contributed by atoms with Gasteiger partial charge in [0, 0.05) is 22.6 Å². The van der Waals surface area contributed by atoms with Crippen molar-refractivity contribution in [1.29, 1.82) is 0 Å². The molecule has 98 valence electrons. The first-order chi connectivity index (χ1) is 9.81. The maximum Gasteiger partial charge on any atom is 0.255 e. The summed E-state index contributed by atoms with van der Waals surface area (Å²) in [6.45, 7) is 0. The van der Waals surface area contributed by atoms with E-state index in [9.17, 15) is 4.79 Å². The van der Waals surface area contributed by atoms with Gasteiger partial charge in [0.2, 0.25) is 0 Å². The molecule has 1 aliphatic heterocycles. The molecule has 1 aromatic heterocycles. The van der Waals surface area contributed by atoms with E-state index in [0.29, 0.717) is 5.82 Å².